The highest BCUT2D eigenvalue weighted by molar-refractivity contribution is 5.80. The molecule has 0 spiro atoms. The van der Waals surface area contributed by atoms with Crippen LogP contribution in [-0.2, 0) is 16.1 Å². The van der Waals surface area contributed by atoms with Crippen molar-refractivity contribution in [3.8, 4) is 0 Å². The summed E-state index contributed by atoms with van der Waals surface area (Å²) < 4.78 is 5.30. The molecular formula is C15H22N2O2. The lowest BCUT2D eigenvalue weighted by Crippen LogP contribution is -2.46. The van der Waals surface area contributed by atoms with E-state index in [4.69, 9.17) is 10.5 Å². The van der Waals surface area contributed by atoms with Gasteiger partial charge in [-0.2, -0.15) is 0 Å². The quantitative estimate of drug-likeness (QED) is 0.892. The Morgan fingerprint density at radius 3 is 2.58 bits per heavy atom. The van der Waals surface area contributed by atoms with Crippen LogP contribution >= 0.6 is 0 Å². The van der Waals surface area contributed by atoms with Crippen LogP contribution in [-0.4, -0.2) is 36.1 Å². The Morgan fingerprint density at radius 1 is 1.37 bits per heavy atom. The highest BCUT2D eigenvalue weighted by atomic mass is 16.5. The molecule has 19 heavy (non-hydrogen) atoms. The first-order valence-electron chi connectivity index (χ1n) is 6.77. The monoisotopic (exact) mass is 262 g/mol. The lowest BCUT2D eigenvalue weighted by molar-refractivity contribution is -0.138. The zero-order valence-electron chi connectivity index (χ0n) is 11.6. The number of carbonyl (C=O) groups excluding carboxylic acids is 1. The predicted octanol–water partition coefficient (Wildman–Crippen LogP) is 1.40. The van der Waals surface area contributed by atoms with E-state index in [1.54, 1.807) is 0 Å². The molecule has 1 aliphatic heterocycles. The number of carbonyl (C=O) groups is 1. The lowest BCUT2D eigenvalue weighted by atomic mass is 10.0. The van der Waals surface area contributed by atoms with Crippen LogP contribution in [0.3, 0.4) is 0 Å². The number of ether oxygens (including phenoxy) is 1. The van der Waals surface area contributed by atoms with E-state index in [0.717, 1.165) is 5.56 Å². The van der Waals surface area contributed by atoms with Gasteiger partial charge in [-0.1, -0.05) is 30.3 Å². The Hall–Kier alpha value is -1.39. The van der Waals surface area contributed by atoms with Crippen molar-refractivity contribution < 1.29 is 9.53 Å². The van der Waals surface area contributed by atoms with Gasteiger partial charge in [0.2, 0.25) is 5.91 Å². The molecule has 2 N–H and O–H groups in total. The van der Waals surface area contributed by atoms with Crippen molar-refractivity contribution in [1.82, 2.24) is 4.90 Å². The summed E-state index contributed by atoms with van der Waals surface area (Å²) in [5.41, 5.74) is 7.07. The number of benzene rings is 1. The van der Waals surface area contributed by atoms with E-state index in [-0.39, 0.29) is 23.9 Å². The van der Waals surface area contributed by atoms with Gasteiger partial charge in [-0.05, 0) is 19.4 Å². The fourth-order valence-electron chi connectivity index (χ4n) is 2.33. The Morgan fingerprint density at radius 2 is 2.05 bits per heavy atom. The minimum absolute atomic E-state index is 0.101. The Kier molecular flexibility index (Phi) is 4.56. The van der Waals surface area contributed by atoms with Gasteiger partial charge < -0.3 is 15.4 Å². The number of amides is 1. The summed E-state index contributed by atoms with van der Waals surface area (Å²) in [6, 6.07) is 10.0. The van der Waals surface area contributed by atoms with Gasteiger partial charge in [0.15, 0.2) is 0 Å². The molecule has 1 aliphatic rings. The molecular weight excluding hydrogens is 240 g/mol. The lowest BCUT2D eigenvalue weighted by Gasteiger charge is -2.30. The van der Waals surface area contributed by atoms with E-state index in [1.807, 2.05) is 49.1 Å². The van der Waals surface area contributed by atoms with Crippen LogP contribution in [0.1, 0.15) is 19.4 Å². The third-order valence-electron chi connectivity index (χ3n) is 3.54. The van der Waals surface area contributed by atoms with Crippen molar-refractivity contribution in [3.63, 3.8) is 0 Å². The maximum atomic E-state index is 12.6. The smallest absolute Gasteiger partial charge is 0.230 e. The summed E-state index contributed by atoms with van der Waals surface area (Å²) in [7, 11) is 0. The summed E-state index contributed by atoms with van der Waals surface area (Å²) in [5, 5.41) is 0. The van der Waals surface area contributed by atoms with Gasteiger partial charge in [0.25, 0.3) is 0 Å². The Balaban J connectivity index is 2.09. The second-order valence-corrected chi connectivity index (χ2v) is 5.35. The molecule has 0 saturated carbocycles. The molecule has 0 bridgehead atoms. The molecule has 0 aliphatic carbocycles. The molecule has 1 heterocycles. The highest BCUT2D eigenvalue weighted by Crippen LogP contribution is 2.18. The number of nitrogens with zero attached hydrogens (tertiary/aromatic N) is 1. The van der Waals surface area contributed by atoms with Gasteiger partial charge in [-0.15, -0.1) is 0 Å². The molecule has 2 unspecified atom stereocenters. The van der Waals surface area contributed by atoms with Gasteiger partial charge in [-0.3, -0.25) is 4.79 Å². The number of nitrogens with two attached hydrogens (primary N) is 1. The second-order valence-electron chi connectivity index (χ2n) is 5.35. The number of hydrogen-bond donors (Lipinski definition) is 1. The van der Waals surface area contributed by atoms with Gasteiger partial charge in [0.1, 0.15) is 0 Å². The molecule has 1 aromatic rings. The van der Waals surface area contributed by atoms with Crippen LogP contribution in [0.15, 0.2) is 30.3 Å². The molecule has 1 saturated heterocycles. The first-order valence-corrected chi connectivity index (χ1v) is 6.77. The van der Waals surface area contributed by atoms with Crippen molar-refractivity contribution in [2.45, 2.75) is 32.5 Å². The van der Waals surface area contributed by atoms with Crippen LogP contribution in [0.25, 0.3) is 0 Å². The summed E-state index contributed by atoms with van der Waals surface area (Å²) in [5.74, 6) is -0.102. The normalized spacial score (nSPS) is 22.7. The standard InChI is InChI=1S/C15H22N2O2/c1-11(2)17(8-12-6-4-3-5-7-12)15(18)13-9-19-10-14(13)16/h3-7,11,13-14H,8-10,16H2,1-2H3. The van der Waals surface area contributed by atoms with E-state index >= 15 is 0 Å². The van der Waals surface area contributed by atoms with Gasteiger partial charge >= 0.3 is 0 Å². The second kappa shape index (κ2) is 6.17. The molecule has 1 amide bonds. The summed E-state index contributed by atoms with van der Waals surface area (Å²) in [6.45, 7) is 5.61. The average molecular weight is 262 g/mol. The summed E-state index contributed by atoms with van der Waals surface area (Å²) in [4.78, 5) is 14.5. The fourth-order valence-corrected chi connectivity index (χ4v) is 2.33. The molecule has 0 aromatic heterocycles. The van der Waals surface area contributed by atoms with Crippen molar-refractivity contribution in [1.29, 1.82) is 0 Å². The number of hydrogen-bond acceptors (Lipinski definition) is 3. The molecule has 1 aromatic carbocycles. The third kappa shape index (κ3) is 3.33. The summed E-state index contributed by atoms with van der Waals surface area (Å²) in [6.07, 6.45) is 0. The van der Waals surface area contributed by atoms with E-state index in [2.05, 4.69) is 0 Å². The van der Waals surface area contributed by atoms with Gasteiger partial charge in [0.05, 0.1) is 19.1 Å². The molecule has 104 valence electrons. The minimum atomic E-state index is -0.203. The third-order valence-corrected chi connectivity index (χ3v) is 3.54. The van der Waals surface area contributed by atoms with Crippen molar-refractivity contribution in [2.75, 3.05) is 13.2 Å². The van der Waals surface area contributed by atoms with E-state index < -0.39 is 0 Å². The zero-order chi connectivity index (χ0) is 13.8. The summed E-state index contributed by atoms with van der Waals surface area (Å²) >= 11 is 0. The molecule has 2 atom stereocenters. The Bertz CT molecular complexity index is 419. The largest absolute Gasteiger partial charge is 0.379 e. The molecule has 4 heteroatoms. The van der Waals surface area contributed by atoms with E-state index in [0.29, 0.717) is 19.8 Å². The molecule has 0 radical (unpaired) electrons. The fraction of sp³-hybridized carbons (Fsp3) is 0.533. The van der Waals surface area contributed by atoms with Crippen LogP contribution in [0.5, 0.6) is 0 Å². The minimum Gasteiger partial charge on any atom is -0.379 e. The van der Waals surface area contributed by atoms with Crippen LogP contribution in [0.4, 0.5) is 0 Å². The van der Waals surface area contributed by atoms with Crippen LogP contribution in [0.2, 0.25) is 0 Å². The highest BCUT2D eigenvalue weighted by Gasteiger charge is 2.35. The average Bonchev–Trinajstić information content (AvgIpc) is 2.82. The predicted molar refractivity (Wildman–Crippen MR) is 74.4 cm³/mol. The number of rotatable bonds is 4. The Labute approximate surface area is 114 Å². The molecule has 2 rings (SSSR count). The SMILES string of the molecule is CC(C)N(Cc1ccccc1)C(=O)C1COCC1N. The van der Waals surface area contributed by atoms with Crippen molar-refractivity contribution in [2.24, 2.45) is 11.7 Å². The zero-order valence-corrected chi connectivity index (χ0v) is 11.6. The first-order chi connectivity index (χ1) is 9.09. The van der Waals surface area contributed by atoms with E-state index in [9.17, 15) is 4.79 Å². The maximum absolute atomic E-state index is 12.6. The first kappa shape index (κ1) is 14.0. The molecule has 1 fully saturated rings. The van der Waals surface area contributed by atoms with Crippen LogP contribution in [0, 0.1) is 5.92 Å². The van der Waals surface area contributed by atoms with Crippen molar-refractivity contribution >= 4 is 5.91 Å². The van der Waals surface area contributed by atoms with Crippen LogP contribution < -0.4 is 5.73 Å². The molecule has 4 nitrogen and oxygen atoms in total. The van der Waals surface area contributed by atoms with Gasteiger partial charge in [-0.25, -0.2) is 0 Å². The van der Waals surface area contributed by atoms with Gasteiger partial charge in [0, 0.05) is 18.6 Å². The maximum Gasteiger partial charge on any atom is 0.230 e. The van der Waals surface area contributed by atoms with E-state index in [1.165, 1.54) is 0 Å². The topological polar surface area (TPSA) is 55.6 Å². The van der Waals surface area contributed by atoms with Crippen molar-refractivity contribution in [3.05, 3.63) is 35.9 Å².